The van der Waals surface area contributed by atoms with Gasteiger partial charge in [-0.2, -0.15) is 0 Å². The fourth-order valence-electron chi connectivity index (χ4n) is 6.57. The van der Waals surface area contributed by atoms with Gasteiger partial charge in [-0.3, -0.25) is 19.1 Å². The Hall–Kier alpha value is -1.40. The molecule has 11 atom stereocenters. The van der Waals surface area contributed by atoms with Crippen molar-refractivity contribution in [1.29, 1.82) is 0 Å². The number of nitrogens with zero attached hydrogens (tertiary/aromatic N) is 1. The zero-order valence-corrected chi connectivity index (χ0v) is 23.4. The molecular weight excluding hydrogens is 619 g/mol. The topological polar surface area (TPSA) is 179 Å². The molecule has 1 saturated carbocycles. The number of aromatic nitrogens is 2. The quantitative estimate of drug-likeness (QED) is 0.148. The number of aliphatic hydroxyl groups excluding tert-OH is 3. The zero-order valence-electron chi connectivity index (χ0n) is 21.2. The molecule has 5 saturated heterocycles. The van der Waals surface area contributed by atoms with Crippen LogP contribution >= 0.6 is 22.6 Å². The first kappa shape index (κ1) is 28.1. The highest BCUT2D eigenvalue weighted by atomic mass is 127. The van der Waals surface area contributed by atoms with Gasteiger partial charge in [-0.25, -0.2) is 14.6 Å². The van der Waals surface area contributed by atoms with Crippen LogP contribution in [0.15, 0.2) is 15.7 Å². The summed E-state index contributed by atoms with van der Waals surface area (Å²) in [5.74, 6) is -0.137. The van der Waals surface area contributed by atoms with Crippen LogP contribution < -0.4 is 11.2 Å². The highest BCUT2D eigenvalue weighted by Crippen LogP contribution is 2.59. The molecule has 0 amide bonds. The molecule has 2 bridgehead atoms. The lowest BCUT2D eigenvalue weighted by Gasteiger charge is -2.57. The first-order chi connectivity index (χ1) is 17.9. The molecule has 1 aromatic heterocycles. The highest BCUT2D eigenvalue weighted by Gasteiger charge is 2.70. The SMILES string of the molecule is C[C@@H]1CC[C@H]2[C@@H](C)C(=O)O[C@@H]3OC4(C)CC[C@@H]1[C@]32OO4.O=c1cc(I)n([C@@H]2O[C@H](CO)[C@@H](O)[C@H]2O)c(=O)[nH]1. The molecule has 6 heterocycles. The number of carbonyl (C=O) groups excluding carboxylic acids is 1. The maximum absolute atomic E-state index is 12.1. The molecule has 0 radical (unpaired) electrons. The van der Waals surface area contributed by atoms with Crippen molar-refractivity contribution < 1.29 is 44.1 Å². The molecule has 38 heavy (non-hydrogen) atoms. The molecular formula is C24H33IN2O11. The average Bonchev–Trinajstić information content (AvgIpc) is 2.98. The van der Waals surface area contributed by atoms with Crippen LogP contribution in [0.2, 0.25) is 0 Å². The van der Waals surface area contributed by atoms with E-state index in [1.54, 1.807) is 22.6 Å². The Balaban J connectivity index is 0.000000156. The summed E-state index contributed by atoms with van der Waals surface area (Å²) < 4.78 is 18.1. The van der Waals surface area contributed by atoms with Crippen LogP contribution in [0.3, 0.4) is 0 Å². The lowest BCUT2D eigenvalue weighted by molar-refractivity contribution is -0.559. The molecule has 1 aliphatic carbocycles. The van der Waals surface area contributed by atoms with E-state index in [-0.39, 0.29) is 21.5 Å². The van der Waals surface area contributed by atoms with Crippen molar-refractivity contribution in [3.05, 3.63) is 30.6 Å². The number of nitrogens with one attached hydrogen (secondary N) is 1. The van der Waals surface area contributed by atoms with Crippen molar-refractivity contribution in [2.24, 2.45) is 23.7 Å². The Labute approximate surface area is 231 Å². The normalized spacial score (nSPS) is 45.4. The van der Waals surface area contributed by atoms with Crippen molar-refractivity contribution >= 4 is 28.6 Å². The van der Waals surface area contributed by atoms with E-state index in [4.69, 9.17) is 29.1 Å². The van der Waals surface area contributed by atoms with Gasteiger partial charge in [-0.1, -0.05) is 13.8 Å². The summed E-state index contributed by atoms with van der Waals surface area (Å²) in [5, 5.41) is 28.3. The van der Waals surface area contributed by atoms with Crippen molar-refractivity contribution in [3.8, 4) is 0 Å². The Morgan fingerprint density at radius 1 is 1.11 bits per heavy atom. The number of rotatable bonds is 2. The number of fused-ring (bicyclic) bond motifs is 2. The van der Waals surface area contributed by atoms with Crippen LogP contribution in [0.4, 0.5) is 0 Å². The van der Waals surface area contributed by atoms with E-state index in [9.17, 15) is 24.6 Å². The number of ether oxygens (including phenoxy) is 3. The van der Waals surface area contributed by atoms with Gasteiger partial charge in [0.2, 0.25) is 12.1 Å². The van der Waals surface area contributed by atoms with Gasteiger partial charge in [0.25, 0.3) is 5.56 Å². The van der Waals surface area contributed by atoms with E-state index in [1.165, 1.54) is 0 Å². The Kier molecular flexibility index (Phi) is 7.56. The predicted molar refractivity (Wildman–Crippen MR) is 135 cm³/mol. The van der Waals surface area contributed by atoms with Gasteiger partial charge in [-0.15, -0.1) is 0 Å². The second kappa shape index (κ2) is 10.2. The lowest BCUT2D eigenvalue weighted by Crippen LogP contribution is -2.69. The second-order valence-corrected chi connectivity index (χ2v) is 12.1. The number of halogens is 1. The molecule has 14 heteroatoms. The number of carbonyl (C=O) groups is 1. The van der Waals surface area contributed by atoms with E-state index < -0.39 is 60.1 Å². The second-order valence-electron chi connectivity index (χ2n) is 11.0. The molecule has 7 rings (SSSR count). The molecule has 6 fully saturated rings. The number of hydrogen-bond donors (Lipinski definition) is 4. The average molecular weight is 652 g/mol. The summed E-state index contributed by atoms with van der Waals surface area (Å²) in [7, 11) is 0. The van der Waals surface area contributed by atoms with Crippen molar-refractivity contribution in [3.63, 3.8) is 0 Å². The number of aromatic amines is 1. The Bertz CT molecular complexity index is 1190. The van der Waals surface area contributed by atoms with Gasteiger partial charge in [0.15, 0.2) is 11.8 Å². The van der Waals surface area contributed by atoms with E-state index >= 15 is 0 Å². The maximum Gasteiger partial charge on any atom is 0.331 e. The van der Waals surface area contributed by atoms with E-state index in [1.807, 2.05) is 18.8 Å². The van der Waals surface area contributed by atoms with Gasteiger partial charge in [0.1, 0.15) is 18.3 Å². The van der Waals surface area contributed by atoms with E-state index in [0.717, 1.165) is 36.3 Å². The van der Waals surface area contributed by atoms with Crippen molar-refractivity contribution in [2.75, 3.05) is 6.61 Å². The Morgan fingerprint density at radius 2 is 1.84 bits per heavy atom. The van der Waals surface area contributed by atoms with E-state index in [2.05, 4.69) is 6.92 Å². The third-order valence-corrected chi connectivity index (χ3v) is 9.51. The Morgan fingerprint density at radius 3 is 2.50 bits per heavy atom. The third kappa shape index (κ3) is 4.46. The largest absolute Gasteiger partial charge is 0.432 e. The van der Waals surface area contributed by atoms with E-state index in [0.29, 0.717) is 11.8 Å². The van der Waals surface area contributed by atoms with Gasteiger partial charge in [0, 0.05) is 24.3 Å². The van der Waals surface area contributed by atoms with Gasteiger partial charge in [-0.05, 0) is 54.7 Å². The van der Waals surface area contributed by atoms with Crippen LogP contribution in [0.1, 0.15) is 52.7 Å². The number of hydrogen-bond acceptors (Lipinski definition) is 11. The standard InChI is InChI=1S/C15H22O5.C9H11IN2O6/c1-8-4-5-11-9(2)12(16)17-13-15(11)10(8)6-7-14(3,18-13)19-20-15;10-4-1-5(14)11-9(17)12(4)8-7(16)6(15)3(2-13)18-8/h8-11,13H,4-7H2,1-3H3;1,3,6-8,13,15-16H,2H2,(H,11,14,17)/t8-,9-,10+,11+,13-,14?,15-;3-,6-,7-,8-/m11/s1. The van der Waals surface area contributed by atoms with Crippen molar-refractivity contribution in [1.82, 2.24) is 9.55 Å². The molecule has 1 spiro atoms. The maximum atomic E-state index is 12.1. The minimum absolute atomic E-state index is 0.123. The summed E-state index contributed by atoms with van der Waals surface area (Å²) in [5.41, 5.74) is -1.92. The molecule has 0 aromatic carbocycles. The molecule has 5 aliphatic heterocycles. The van der Waals surface area contributed by atoms with Crippen molar-refractivity contribution in [2.45, 2.75) is 88.7 Å². The van der Waals surface area contributed by atoms with Gasteiger partial charge >= 0.3 is 11.7 Å². The fraction of sp³-hybridized carbons (Fsp3) is 0.792. The number of esters is 1. The highest BCUT2D eigenvalue weighted by molar-refractivity contribution is 14.1. The van der Waals surface area contributed by atoms with Crippen LogP contribution in [0.5, 0.6) is 0 Å². The minimum Gasteiger partial charge on any atom is -0.432 e. The van der Waals surface area contributed by atoms with Crippen LogP contribution in [-0.4, -0.2) is 73.4 Å². The molecule has 1 aromatic rings. The van der Waals surface area contributed by atoms with Crippen LogP contribution in [-0.2, 0) is 28.8 Å². The first-order valence-corrected chi connectivity index (χ1v) is 13.9. The molecule has 13 nitrogen and oxygen atoms in total. The smallest absolute Gasteiger partial charge is 0.331 e. The lowest BCUT2D eigenvalue weighted by atomic mass is 9.58. The third-order valence-electron chi connectivity index (χ3n) is 8.67. The first-order valence-electron chi connectivity index (χ1n) is 12.8. The summed E-state index contributed by atoms with van der Waals surface area (Å²) in [6.07, 6.45) is -1.53. The number of H-pyrrole nitrogens is 1. The van der Waals surface area contributed by atoms with Crippen LogP contribution in [0, 0.1) is 27.4 Å². The summed E-state index contributed by atoms with van der Waals surface area (Å²) in [6, 6.07) is 1.16. The molecule has 4 N–H and O–H groups in total. The van der Waals surface area contributed by atoms with Gasteiger partial charge in [0.05, 0.1) is 16.2 Å². The summed E-state index contributed by atoms with van der Waals surface area (Å²) in [6.45, 7) is 5.58. The minimum atomic E-state index is -1.36. The molecule has 212 valence electrons. The van der Waals surface area contributed by atoms with Gasteiger partial charge < -0.3 is 29.5 Å². The zero-order chi connectivity index (χ0) is 27.6. The number of aliphatic hydroxyl groups is 3. The monoisotopic (exact) mass is 652 g/mol. The van der Waals surface area contributed by atoms with Crippen LogP contribution in [0.25, 0.3) is 0 Å². The molecule has 6 aliphatic rings. The predicted octanol–water partition coefficient (Wildman–Crippen LogP) is 0.148. The fourth-order valence-corrected chi connectivity index (χ4v) is 7.35. The summed E-state index contributed by atoms with van der Waals surface area (Å²) >= 11 is 1.75. The summed E-state index contributed by atoms with van der Waals surface area (Å²) in [4.78, 5) is 48.5. The molecule has 1 unspecified atom stereocenters.